The molecule has 0 spiro atoms. The van der Waals surface area contributed by atoms with Crippen molar-refractivity contribution < 1.29 is 44.2 Å². The fourth-order valence-corrected chi connectivity index (χ4v) is 3.47. The standard InChI is InChI=1S/C22H22O10/c1-9-16(24)18(26)20(28)22(30-9)32-15-8-14-12(7-13(15)23)17(25)19(27)21(31-14)10-3-5-11(29-2)6-4-10/h3-9,16,18,20,22-24,26-28H,1-2H3/t9-,16-,18+,20+,22-/m0/s1. The molecule has 0 unspecified atom stereocenters. The molecule has 0 saturated carbocycles. The van der Waals surface area contributed by atoms with Crippen LogP contribution in [0.1, 0.15) is 6.92 Å². The summed E-state index contributed by atoms with van der Waals surface area (Å²) in [5.41, 5.74) is -0.361. The highest BCUT2D eigenvalue weighted by Gasteiger charge is 2.43. The molecule has 1 saturated heterocycles. The molecule has 1 aliphatic rings. The van der Waals surface area contributed by atoms with Crippen LogP contribution in [0.25, 0.3) is 22.3 Å². The Morgan fingerprint density at radius 1 is 0.969 bits per heavy atom. The van der Waals surface area contributed by atoms with Gasteiger partial charge in [-0.15, -0.1) is 0 Å². The fourth-order valence-electron chi connectivity index (χ4n) is 3.47. The van der Waals surface area contributed by atoms with Crippen molar-refractivity contribution >= 4 is 11.0 Å². The van der Waals surface area contributed by atoms with Crippen molar-refractivity contribution in [2.45, 2.75) is 37.6 Å². The monoisotopic (exact) mass is 446 g/mol. The second kappa shape index (κ2) is 8.32. The van der Waals surface area contributed by atoms with Gasteiger partial charge in [0.05, 0.1) is 18.6 Å². The molecule has 0 bridgehead atoms. The van der Waals surface area contributed by atoms with E-state index in [4.69, 9.17) is 18.6 Å². The number of aliphatic hydroxyl groups is 3. The average Bonchev–Trinajstić information content (AvgIpc) is 2.79. The highest BCUT2D eigenvalue weighted by atomic mass is 16.7. The number of hydrogen-bond acceptors (Lipinski definition) is 10. The molecule has 5 atom stereocenters. The summed E-state index contributed by atoms with van der Waals surface area (Å²) in [6.07, 6.45) is -6.70. The Hall–Kier alpha value is -3.31. The van der Waals surface area contributed by atoms with Gasteiger partial charge in [-0.2, -0.15) is 0 Å². The van der Waals surface area contributed by atoms with Crippen LogP contribution in [0.5, 0.6) is 23.0 Å². The topological polar surface area (TPSA) is 159 Å². The second-order valence-electron chi connectivity index (χ2n) is 7.45. The van der Waals surface area contributed by atoms with Crippen molar-refractivity contribution in [1.82, 2.24) is 0 Å². The third-order valence-electron chi connectivity index (χ3n) is 5.35. The van der Waals surface area contributed by atoms with Crippen LogP contribution >= 0.6 is 0 Å². The first kappa shape index (κ1) is 21.9. The van der Waals surface area contributed by atoms with Crippen molar-refractivity contribution in [2.75, 3.05) is 7.11 Å². The normalized spacial score (nSPS) is 25.6. The molecule has 0 aliphatic carbocycles. The molecule has 3 aromatic rings. The SMILES string of the molecule is COc1ccc(-c2oc3cc(O[C@@H]4O[C@@H](C)[C@H](O)[C@@H](O)[C@H]4O)c(O)cc3c(=O)c2O)cc1. The third-order valence-corrected chi connectivity index (χ3v) is 5.35. The average molecular weight is 446 g/mol. The number of methoxy groups -OCH3 is 1. The zero-order chi connectivity index (χ0) is 23.2. The molecule has 5 N–H and O–H groups in total. The van der Waals surface area contributed by atoms with E-state index in [1.165, 1.54) is 20.1 Å². The predicted molar refractivity (Wildman–Crippen MR) is 111 cm³/mol. The molecule has 32 heavy (non-hydrogen) atoms. The molecule has 170 valence electrons. The smallest absolute Gasteiger partial charge is 0.235 e. The van der Waals surface area contributed by atoms with Crippen LogP contribution in [0.3, 0.4) is 0 Å². The highest BCUT2D eigenvalue weighted by molar-refractivity contribution is 5.84. The lowest BCUT2D eigenvalue weighted by atomic mass is 10.00. The lowest BCUT2D eigenvalue weighted by Gasteiger charge is -2.38. The number of rotatable bonds is 4. The molecule has 1 aromatic heterocycles. The number of aliphatic hydroxyl groups excluding tert-OH is 3. The maximum Gasteiger partial charge on any atom is 0.235 e. The molecular formula is C22H22O10. The van der Waals surface area contributed by atoms with Crippen LogP contribution in [0.4, 0.5) is 0 Å². The van der Waals surface area contributed by atoms with Gasteiger partial charge in [0.1, 0.15) is 29.6 Å². The van der Waals surface area contributed by atoms with Crippen LogP contribution < -0.4 is 14.9 Å². The molecule has 4 rings (SSSR count). The Morgan fingerprint density at radius 2 is 1.66 bits per heavy atom. The van der Waals surface area contributed by atoms with Gasteiger partial charge in [-0.3, -0.25) is 4.79 Å². The van der Waals surface area contributed by atoms with Gasteiger partial charge < -0.3 is 44.2 Å². The molecule has 10 heteroatoms. The van der Waals surface area contributed by atoms with Crippen LogP contribution in [-0.4, -0.2) is 63.3 Å². The summed E-state index contributed by atoms with van der Waals surface area (Å²) in [4.78, 5) is 12.7. The first-order valence-electron chi connectivity index (χ1n) is 9.74. The Bertz CT molecular complexity index is 1190. The summed E-state index contributed by atoms with van der Waals surface area (Å²) in [6.45, 7) is 1.49. The third kappa shape index (κ3) is 3.73. The van der Waals surface area contributed by atoms with Gasteiger partial charge in [0, 0.05) is 11.6 Å². The van der Waals surface area contributed by atoms with Gasteiger partial charge in [0.15, 0.2) is 17.3 Å². The van der Waals surface area contributed by atoms with Crippen molar-refractivity contribution in [3.05, 3.63) is 46.6 Å². The molecule has 2 aromatic carbocycles. The minimum Gasteiger partial charge on any atom is -0.504 e. The van der Waals surface area contributed by atoms with Gasteiger partial charge in [-0.25, -0.2) is 0 Å². The molecule has 1 aliphatic heterocycles. The van der Waals surface area contributed by atoms with E-state index in [-0.39, 0.29) is 22.5 Å². The fraction of sp³-hybridized carbons (Fsp3) is 0.318. The summed E-state index contributed by atoms with van der Waals surface area (Å²) in [6, 6.07) is 8.72. The quantitative estimate of drug-likeness (QED) is 0.393. The van der Waals surface area contributed by atoms with Crippen molar-refractivity contribution in [2.24, 2.45) is 0 Å². The lowest BCUT2D eigenvalue weighted by molar-refractivity contribution is -0.268. The van der Waals surface area contributed by atoms with Crippen LogP contribution in [0.15, 0.2) is 45.6 Å². The van der Waals surface area contributed by atoms with Crippen LogP contribution in [-0.2, 0) is 4.74 Å². The summed E-state index contributed by atoms with van der Waals surface area (Å²) in [5.74, 6) is -0.836. The summed E-state index contributed by atoms with van der Waals surface area (Å²) >= 11 is 0. The molecule has 2 heterocycles. The zero-order valence-electron chi connectivity index (χ0n) is 17.1. The van der Waals surface area contributed by atoms with E-state index in [0.717, 1.165) is 6.07 Å². The van der Waals surface area contributed by atoms with Gasteiger partial charge in [0.25, 0.3) is 0 Å². The van der Waals surface area contributed by atoms with Gasteiger partial charge in [0.2, 0.25) is 17.5 Å². The van der Waals surface area contributed by atoms with E-state index < -0.39 is 47.6 Å². The van der Waals surface area contributed by atoms with E-state index in [9.17, 15) is 30.3 Å². The number of phenolic OH excluding ortho intramolecular Hbond substituents is 1. The van der Waals surface area contributed by atoms with Gasteiger partial charge in [-0.05, 0) is 37.3 Å². The van der Waals surface area contributed by atoms with Crippen molar-refractivity contribution in [1.29, 1.82) is 0 Å². The summed E-state index contributed by atoms with van der Waals surface area (Å²) in [7, 11) is 1.50. The van der Waals surface area contributed by atoms with E-state index >= 15 is 0 Å². The second-order valence-corrected chi connectivity index (χ2v) is 7.45. The van der Waals surface area contributed by atoms with E-state index in [0.29, 0.717) is 11.3 Å². The summed E-state index contributed by atoms with van der Waals surface area (Å²) in [5, 5.41) is 50.5. The number of ether oxygens (including phenoxy) is 3. The Balaban J connectivity index is 1.75. The van der Waals surface area contributed by atoms with E-state index in [1.54, 1.807) is 24.3 Å². The minimum absolute atomic E-state index is 0.00894. The maximum atomic E-state index is 12.7. The predicted octanol–water partition coefficient (Wildman–Crippen LogP) is 1.09. The van der Waals surface area contributed by atoms with Crippen molar-refractivity contribution in [3.8, 4) is 34.3 Å². The van der Waals surface area contributed by atoms with Crippen molar-refractivity contribution in [3.63, 3.8) is 0 Å². The van der Waals surface area contributed by atoms with Gasteiger partial charge in [-0.1, -0.05) is 0 Å². The largest absolute Gasteiger partial charge is 0.504 e. The first-order chi connectivity index (χ1) is 15.2. The Kier molecular flexibility index (Phi) is 5.70. The van der Waals surface area contributed by atoms with Crippen LogP contribution in [0, 0.1) is 0 Å². The number of aromatic hydroxyl groups is 2. The Labute approximate surface area is 181 Å². The minimum atomic E-state index is -1.60. The number of phenols is 1. The lowest BCUT2D eigenvalue weighted by Crippen LogP contribution is -2.58. The molecular weight excluding hydrogens is 424 g/mol. The van der Waals surface area contributed by atoms with Crippen LogP contribution in [0.2, 0.25) is 0 Å². The zero-order valence-corrected chi connectivity index (χ0v) is 17.1. The number of hydrogen-bond donors (Lipinski definition) is 5. The maximum absolute atomic E-state index is 12.7. The molecule has 1 fully saturated rings. The molecule has 0 amide bonds. The van der Waals surface area contributed by atoms with Gasteiger partial charge >= 0.3 is 0 Å². The Morgan fingerprint density at radius 3 is 2.31 bits per heavy atom. The molecule has 10 nitrogen and oxygen atoms in total. The highest BCUT2D eigenvalue weighted by Crippen LogP contribution is 2.37. The van der Waals surface area contributed by atoms with E-state index in [2.05, 4.69) is 0 Å². The first-order valence-corrected chi connectivity index (χ1v) is 9.74. The van der Waals surface area contributed by atoms with E-state index in [1.807, 2.05) is 0 Å². The molecule has 0 radical (unpaired) electrons. The number of fused-ring (bicyclic) bond motifs is 1. The number of benzene rings is 2. The summed E-state index contributed by atoms with van der Waals surface area (Å²) < 4.78 is 21.7.